The lowest BCUT2D eigenvalue weighted by atomic mass is 9.47. The molecule has 2 bridgehead atoms. The van der Waals surface area contributed by atoms with Crippen molar-refractivity contribution in [2.75, 3.05) is 0 Å². The first-order valence-electron chi connectivity index (χ1n) is 6.84. The fraction of sp³-hybridized carbons (Fsp3) is 0.467. The topological polar surface area (TPSA) is 46.9 Å². The number of nitrogens with one attached hydrogen (secondary N) is 1. The lowest BCUT2D eigenvalue weighted by molar-refractivity contribution is -0.162. The van der Waals surface area contributed by atoms with E-state index in [0.717, 1.165) is 16.6 Å². The summed E-state index contributed by atoms with van der Waals surface area (Å²) in [4.78, 5) is 16.7. The highest BCUT2D eigenvalue weighted by atomic mass is 19.1. The van der Waals surface area contributed by atoms with Crippen molar-refractivity contribution in [3.05, 3.63) is 29.7 Å². The maximum Gasteiger partial charge on any atom is 0.268 e. The molecule has 3 aliphatic rings. The zero-order chi connectivity index (χ0) is 14.1. The van der Waals surface area contributed by atoms with Crippen LogP contribution >= 0.6 is 0 Å². The van der Waals surface area contributed by atoms with E-state index in [1.54, 1.807) is 6.20 Å². The lowest BCUT2D eigenvalue weighted by Crippen LogP contribution is -2.76. The third kappa shape index (κ3) is 1.40. The fourth-order valence-corrected chi connectivity index (χ4v) is 3.82. The molecule has 1 N–H and O–H groups in total. The largest absolute Gasteiger partial charge is 0.345 e. The Morgan fingerprint density at radius 2 is 2.15 bits per heavy atom. The number of aromatic nitrogens is 2. The molecule has 2 aromatic heterocycles. The van der Waals surface area contributed by atoms with E-state index in [1.807, 2.05) is 30.7 Å². The molecule has 0 atom stereocenters. The van der Waals surface area contributed by atoms with Crippen LogP contribution in [0, 0.1) is 6.92 Å². The van der Waals surface area contributed by atoms with Crippen LogP contribution in [0.1, 0.15) is 35.4 Å². The van der Waals surface area contributed by atoms with Gasteiger partial charge in [-0.15, -0.1) is 0 Å². The van der Waals surface area contributed by atoms with Crippen LogP contribution in [0.3, 0.4) is 0 Å². The van der Waals surface area contributed by atoms with Crippen molar-refractivity contribution in [3.8, 4) is 0 Å². The van der Waals surface area contributed by atoms with Gasteiger partial charge in [0, 0.05) is 43.4 Å². The number of alkyl halides is 1. The summed E-state index contributed by atoms with van der Waals surface area (Å²) >= 11 is 0. The molecule has 5 rings (SSSR count). The molecule has 3 saturated carbocycles. The molecule has 0 unspecified atom stereocenters. The minimum Gasteiger partial charge on any atom is -0.345 e. The van der Waals surface area contributed by atoms with E-state index in [2.05, 4.69) is 10.3 Å². The van der Waals surface area contributed by atoms with Crippen LogP contribution in [0.2, 0.25) is 0 Å². The highest BCUT2D eigenvalue weighted by Gasteiger charge is 2.69. The first kappa shape index (κ1) is 11.9. The highest BCUT2D eigenvalue weighted by molar-refractivity contribution is 5.99. The van der Waals surface area contributed by atoms with E-state index >= 15 is 0 Å². The Morgan fingerprint density at radius 1 is 1.45 bits per heavy atom. The van der Waals surface area contributed by atoms with Crippen molar-refractivity contribution < 1.29 is 9.18 Å². The van der Waals surface area contributed by atoms with Gasteiger partial charge < -0.3 is 9.88 Å². The Kier molecular flexibility index (Phi) is 2.02. The van der Waals surface area contributed by atoms with E-state index in [9.17, 15) is 9.18 Å². The monoisotopic (exact) mass is 273 g/mol. The molecule has 1 amide bonds. The number of carbonyl (C=O) groups excluding carboxylic acids is 1. The van der Waals surface area contributed by atoms with Gasteiger partial charge >= 0.3 is 0 Å². The maximum atomic E-state index is 13.5. The summed E-state index contributed by atoms with van der Waals surface area (Å²) in [5, 5.41) is 4.01. The molecule has 104 valence electrons. The molecule has 3 aliphatic carbocycles. The summed E-state index contributed by atoms with van der Waals surface area (Å²) in [6, 6.07) is 3.77. The van der Waals surface area contributed by atoms with Gasteiger partial charge in [0.1, 0.15) is 11.4 Å². The van der Waals surface area contributed by atoms with Gasteiger partial charge in [-0.25, -0.2) is 4.39 Å². The van der Waals surface area contributed by atoms with E-state index in [4.69, 9.17) is 0 Å². The van der Waals surface area contributed by atoms with Gasteiger partial charge in [0.25, 0.3) is 5.91 Å². The fourth-order valence-electron chi connectivity index (χ4n) is 3.82. The third-order valence-electron chi connectivity index (χ3n) is 4.70. The van der Waals surface area contributed by atoms with Crippen molar-refractivity contribution in [1.29, 1.82) is 0 Å². The highest BCUT2D eigenvalue weighted by Crippen LogP contribution is 2.62. The Balaban J connectivity index is 1.67. The Morgan fingerprint density at radius 3 is 2.75 bits per heavy atom. The molecular formula is C15H16FN3O. The van der Waals surface area contributed by atoms with Crippen molar-refractivity contribution >= 4 is 16.8 Å². The lowest BCUT2D eigenvalue weighted by Gasteiger charge is -2.65. The number of hydrogen-bond acceptors (Lipinski definition) is 2. The molecule has 2 heterocycles. The van der Waals surface area contributed by atoms with Crippen LogP contribution in [0.5, 0.6) is 0 Å². The summed E-state index contributed by atoms with van der Waals surface area (Å²) in [7, 11) is 1.87. The summed E-state index contributed by atoms with van der Waals surface area (Å²) in [6.45, 7) is 1.93. The van der Waals surface area contributed by atoms with Crippen LogP contribution in [0.4, 0.5) is 4.39 Å². The molecule has 0 saturated heterocycles. The quantitative estimate of drug-likeness (QED) is 0.912. The summed E-state index contributed by atoms with van der Waals surface area (Å²) in [5.41, 5.74) is 1.20. The summed E-state index contributed by atoms with van der Waals surface area (Å²) in [5.74, 6) is -0.121. The van der Waals surface area contributed by atoms with E-state index in [1.165, 1.54) is 0 Å². The van der Waals surface area contributed by atoms with Gasteiger partial charge in [0.05, 0.1) is 11.2 Å². The Bertz CT molecular complexity index is 729. The van der Waals surface area contributed by atoms with Gasteiger partial charge in [-0.1, -0.05) is 0 Å². The second kappa shape index (κ2) is 3.40. The second-order valence-corrected chi connectivity index (χ2v) is 6.34. The average Bonchev–Trinajstić information content (AvgIpc) is 2.65. The second-order valence-electron chi connectivity index (χ2n) is 6.34. The van der Waals surface area contributed by atoms with Gasteiger partial charge in [-0.3, -0.25) is 9.78 Å². The minimum absolute atomic E-state index is 0.121. The zero-order valence-corrected chi connectivity index (χ0v) is 11.5. The third-order valence-corrected chi connectivity index (χ3v) is 4.70. The molecule has 5 heteroatoms. The molecule has 20 heavy (non-hydrogen) atoms. The number of nitrogens with zero attached hydrogens (tertiary/aromatic N) is 2. The number of fused-ring (bicyclic) bond motifs is 1. The standard InChI is InChI=1S/C15H16FN3O/c1-9-12-10(3-4-17-9)5-11(19(12)2)13(20)18-15-6-14(16,7-15)8-15/h3-5H,6-8H2,1-2H3,(H,18,20). The van der Waals surface area contributed by atoms with Crippen LogP contribution in [0.15, 0.2) is 18.3 Å². The first-order chi connectivity index (χ1) is 9.41. The van der Waals surface area contributed by atoms with E-state index in [-0.39, 0.29) is 11.4 Å². The Hall–Kier alpha value is -1.91. The minimum atomic E-state index is -0.993. The molecule has 0 radical (unpaired) electrons. The number of rotatable bonds is 2. The van der Waals surface area contributed by atoms with E-state index in [0.29, 0.717) is 25.0 Å². The summed E-state index contributed by atoms with van der Waals surface area (Å²) in [6.07, 6.45) is 3.15. The molecule has 0 aromatic carbocycles. The predicted octanol–water partition coefficient (Wildman–Crippen LogP) is 2.26. The maximum absolute atomic E-state index is 13.5. The summed E-state index contributed by atoms with van der Waals surface area (Å²) < 4.78 is 15.4. The van der Waals surface area contributed by atoms with Crippen molar-refractivity contribution in [2.24, 2.45) is 7.05 Å². The molecule has 0 spiro atoms. The van der Waals surface area contributed by atoms with Crippen LogP contribution in [-0.4, -0.2) is 26.7 Å². The van der Waals surface area contributed by atoms with Gasteiger partial charge in [0.15, 0.2) is 0 Å². The number of pyridine rings is 1. The molecule has 3 fully saturated rings. The number of aryl methyl sites for hydroxylation is 2. The molecule has 0 aliphatic heterocycles. The van der Waals surface area contributed by atoms with Gasteiger partial charge in [-0.05, 0) is 19.1 Å². The van der Waals surface area contributed by atoms with Gasteiger partial charge in [-0.2, -0.15) is 0 Å². The van der Waals surface area contributed by atoms with Crippen molar-refractivity contribution in [3.63, 3.8) is 0 Å². The van der Waals surface area contributed by atoms with Crippen molar-refractivity contribution in [1.82, 2.24) is 14.9 Å². The average molecular weight is 273 g/mol. The van der Waals surface area contributed by atoms with Gasteiger partial charge in [0.2, 0.25) is 0 Å². The number of carbonyl (C=O) groups is 1. The number of halogens is 1. The molecular weight excluding hydrogens is 257 g/mol. The number of hydrogen-bond donors (Lipinski definition) is 1. The molecule has 4 nitrogen and oxygen atoms in total. The van der Waals surface area contributed by atoms with Crippen molar-refractivity contribution in [2.45, 2.75) is 37.4 Å². The zero-order valence-electron chi connectivity index (χ0n) is 11.5. The Labute approximate surface area is 116 Å². The van der Waals surface area contributed by atoms with Crippen LogP contribution in [-0.2, 0) is 7.05 Å². The first-order valence-corrected chi connectivity index (χ1v) is 6.84. The number of amides is 1. The van der Waals surface area contributed by atoms with Crippen LogP contribution in [0.25, 0.3) is 10.9 Å². The van der Waals surface area contributed by atoms with E-state index < -0.39 is 5.67 Å². The smallest absolute Gasteiger partial charge is 0.268 e. The SMILES string of the molecule is Cc1nccc2cc(C(=O)NC34CC(F)(C3)C4)n(C)c12. The predicted molar refractivity (Wildman–Crippen MR) is 73.3 cm³/mol. The molecule has 2 aromatic rings. The normalized spacial score (nSPS) is 30.8. The van der Waals surface area contributed by atoms with Crippen LogP contribution < -0.4 is 5.32 Å².